The van der Waals surface area contributed by atoms with Crippen molar-refractivity contribution in [2.75, 3.05) is 5.73 Å². The maximum absolute atomic E-state index is 9.88. The van der Waals surface area contributed by atoms with E-state index in [2.05, 4.69) is 19.9 Å². The highest BCUT2D eigenvalue weighted by molar-refractivity contribution is 5.68. The first-order chi connectivity index (χ1) is 10.7. The second-order valence-corrected chi connectivity index (χ2v) is 4.48. The Morgan fingerprint density at radius 2 is 1.73 bits per heavy atom. The van der Waals surface area contributed by atoms with Crippen LogP contribution in [0.1, 0.15) is 11.5 Å². The van der Waals surface area contributed by atoms with Gasteiger partial charge in [0.1, 0.15) is 5.75 Å². The zero-order valence-corrected chi connectivity index (χ0v) is 11.6. The van der Waals surface area contributed by atoms with E-state index in [0.717, 1.165) is 5.69 Å². The molecule has 0 bridgehead atoms. The number of hydrogen-bond acceptors (Lipinski definition) is 6. The van der Waals surface area contributed by atoms with E-state index in [0.29, 0.717) is 17.2 Å². The van der Waals surface area contributed by atoms with Gasteiger partial charge in [-0.1, -0.05) is 18.2 Å². The summed E-state index contributed by atoms with van der Waals surface area (Å²) in [6.07, 6.45) is 5.18. The summed E-state index contributed by atoms with van der Waals surface area (Å²) in [6.45, 7) is 0. The normalized spacial score (nSPS) is 10.9. The number of phenols is 1. The van der Waals surface area contributed by atoms with Gasteiger partial charge in [0.2, 0.25) is 5.95 Å². The quantitative estimate of drug-likeness (QED) is 0.769. The summed E-state index contributed by atoms with van der Waals surface area (Å²) in [5.74, 6) is 0.907. The van der Waals surface area contributed by atoms with Gasteiger partial charge < -0.3 is 10.8 Å². The minimum Gasteiger partial charge on any atom is -0.507 e. The number of phenolic OH excluding ortho intramolecular Hbond substituents is 1. The van der Waals surface area contributed by atoms with Crippen LogP contribution >= 0.6 is 0 Å². The van der Waals surface area contributed by atoms with Crippen LogP contribution in [0.2, 0.25) is 0 Å². The summed E-state index contributed by atoms with van der Waals surface area (Å²) in [6, 6.07) is 12.4. The van der Waals surface area contributed by atoms with Crippen LogP contribution in [0, 0.1) is 0 Å². The Bertz CT molecular complexity index is 818. The van der Waals surface area contributed by atoms with Crippen molar-refractivity contribution in [1.29, 1.82) is 0 Å². The molecule has 0 aliphatic heterocycles. The zero-order chi connectivity index (χ0) is 15.4. The molecule has 6 heteroatoms. The Hall–Kier alpha value is -3.28. The van der Waals surface area contributed by atoms with E-state index < -0.39 is 0 Å². The Morgan fingerprint density at radius 3 is 2.50 bits per heavy atom. The van der Waals surface area contributed by atoms with Crippen LogP contribution < -0.4 is 5.73 Å². The lowest BCUT2D eigenvalue weighted by atomic mass is 10.2. The van der Waals surface area contributed by atoms with Crippen molar-refractivity contribution in [1.82, 2.24) is 19.9 Å². The van der Waals surface area contributed by atoms with Gasteiger partial charge in [0.15, 0.2) is 11.6 Å². The molecule has 2 aromatic heterocycles. The highest BCUT2D eigenvalue weighted by Gasteiger charge is 2.09. The Balaban J connectivity index is 1.97. The molecule has 0 saturated carbocycles. The van der Waals surface area contributed by atoms with Gasteiger partial charge in [-0.3, -0.25) is 4.98 Å². The number of anilines is 1. The van der Waals surface area contributed by atoms with Gasteiger partial charge in [0, 0.05) is 6.20 Å². The van der Waals surface area contributed by atoms with Crippen LogP contribution in [-0.4, -0.2) is 25.0 Å². The topological polar surface area (TPSA) is 97.8 Å². The third kappa shape index (κ3) is 3.06. The molecule has 0 unspecified atom stereocenters. The third-order valence-corrected chi connectivity index (χ3v) is 2.91. The molecular formula is C16H13N5O. The Morgan fingerprint density at radius 1 is 0.909 bits per heavy atom. The second kappa shape index (κ2) is 6.01. The predicted octanol–water partition coefficient (Wildman–Crippen LogP) is 2.39. The highest BCUT2D eigenvalue weighted by atomic mass is 16.3. The van der Waals surface area contributed by atoms with Gasteiger partial charge >= 0.3 is 0 Å². The molecule has 108 valence electrons. The predicted molar refractivity (Wildman–Crippen MR) is 84.5 cm³/mol. The van der Waals surface area contributed by atoms with Gasteiger partial charge in [-0.2, -0.15) is 9.97 Å². The van der Waals surface area contributed by atoms with Crippen LogP contribution in [-0.2, 0) is 0 Å². The highest BCUT2D eigenvalue weighted by Crippen LogP contribution is 2.25. The van der Waals surface area contributed by atoms with E-state index in [-0.39, 0.29) is 11.7 Å². The first-order valence-electron chi connectivity index (χ1n) is 6.61. The van der Waals surface area contributed by atoms with Crippen LogP contribution in [0.15, 0.2) is 48.7 Å². The summed E-state index contributed by atoms with van der Waals surface area (Å²) in [7, 11) is 0. The first-order valence-corrected chi connectivity index (χ1v) is 6.61. The number of benzene rings is 1. The number of pyridine rings is 1. The van der Waals surface area contributed by atoms with Crippen molar-refractivity contribution in [2.45, 2.75) is 0 Å². The Labute approximate surface area is 127 Å². The molecule has 0 spiro atoms. The molecule has 1 aromatic carbocycles. The molecule has 3 rings (SSSR count). The SMILES string of the molecule is Nc1nc(/C=C/c2ccccn2)nc(-c2ccccc2O)n1. The maximum atomic E-state index is 9.88. The largest absolute Gasteiger partial charge is 0.507 e. The summed E-state index contributed by atoms with van der Waals surface area (Å²) in [4.78, 5) is 16.6. The van der Waals surface area contributed by atoms with Crippen molar-refractivity contribution >= 4 is 18.1 Å². The van der Waals surface area contributed by atoms with Crippen LogP contribution in [0.3, 0.4) is 0 Å². The third-order valence-electron chi connectivity index (χ3n) is 2.91. The van der Waals surface area contributed by atoms with Crippen LogP contribution in [0.25, 0.3) is 23.5 Å². The molecule has 0 atom stereocenters. The van der Waals surface area contributed by atoms with Crippen molar-refractivity contribution in [3.8, 4) is 17.1 Å². The first kappa shape index (κ1) is 13.7. The second-order valence-electron chi connectivity index (χ2n) is 4.48. The standard InChI is InChI=1S/C16H13N5O/c17-16-20-14(9-8-11-5-3-4-10-18-11)19-15(21-16)12-6-1-2-7-13(12)22/h1-10,22H,(H2,17,19,20,21)/b9-8+. The zero-order valence-electron chi connectivity index (χ0n) is 11.6. The van der Waals surface area contributed by atoms with Crippen molar-refractivity contribution in [3.05, 3.63) is 60.2 Å². The number of nitrogens with two attached hydrogens (primary N) is 1. The van der Waals surface area contributed by atoms with Crippen molar-refractivity contribution < 1.29 is 5.11 Å². The molecular weight excluding hydrogens is 278 g/mol. The molecule has 0 radical (unpaired) electrons. The molecule has 3 aromatic rings. The minimum absolute atomic E-state index is 0.0905. The van der Waals surface area contributed by atoms with Gasteiger partial charge in [-0.05, 0) is 36.4 Å². The summed E-state index contributed by atoms with van der Waals surface area (Å²) in [5, 5.41) is 9.88. The number of para-hydroxylation sites is 1. The molecule has 0 fully saturated rings. The maximum Gasteiger partial charge on any atom is 0.224 e. The molecule has 0 amide bonds. The van der Waals surface area contributed by atoms with Gasteiger partial charge in [0.25, 0.3) is 0 Å². The fraction of sp³-hybridized carbons (Fsp3) is 0. The summed E-state index contributed by atoms with van der Waals surface area (Å²) < 4.78 is 0. The lowest BCUT2D eigenvalue weighted by molar-refractivity contribution is 0.477. The van der Waals surface area contributed by atoms with E-state index in [1.165, 1.54) is 0 Å². The lowest BCUT2D eigenvalue weighted by Gasteiger charge is -2.04. The molecule has 0 aliphatic rings. The van der Waals surface area contributed by atoms with Crippen molar-refractivity contribution in [3.63, 3.8) is 0 Å². The molecule has 3 N–H and O–H groups in total. The number of hydrogen-bond donors (Lipinski definition) is 2. The molecule has 2 heterocycles. The van der Waals surface area contributed by atoms with E-state index in [4.69, 9.17) is 5.73 Å². The monoisotopic (exact) mass is 291 g/mol. The molecule has 0 aliphatic carbocycles. The van der Waals surface area contributed by atoms with Crippen LogP contribution in [0.4, 0.5) is 5.95 Å². The van der Waals surface area contributed by atoms with Gasteiger partial charge in [-0.15, -0.1) is 0 Å². The van der Waals surface area contributed by atoms with Crippen LogP contribution in [0.5, 0.6) is 5.75 Å². The average Bonchev–Trinajstić information content (AvgIpc) is 2.54. The minimum atomic E-state index is 0.0905. The fourth-order valence-corrected chi connectivity index (χ4v) is 1.90. The Kier molecular flexibility index (Phi) is 3.74. The number of aromatic hydroxyl groups is 1. The van der Waals surface area contributed by atoms with E-state index in [1.54, 1.807) is 42.6 Å². The number of nitrogens with zero attached hydrogens (tertiary/aromatic N) is 4. The van der Waals surface area contributed by atoms with Gasteiger partial charge in [0.05, 0.1) is 11.3 Å². The summed E-state index contributed by atoms with van der Waals surface area (Å²) >= 11 is 0. The van der Waals surface area contributed by atoms with E-state index in [1.807, 2.05) is 18.2 Å². The molecule has 22 heavy (non-hydrogen) atoms. The number of nitrogen functional groups attached to an aromatic ring is 1. The lowest BCUT2D eigenvalue weighted by Crippen LogP contribution is -2.02. The average molecular weight is 291 g/mol. The smallest absolute Gasteiger partial charge is 0.224 e. The van der Waals surface area contributed by atoms with E-state index in [9.17, 15) is 5.11 Å². The van der Waals surface area contributed by atoms with Gasteiger partial charge in [-0.25, -0.2) is 4.98 Å². The number of aromatic nitrogens is 4. The van der Waals surface area contributed by atoms with E-state index >= 15 is 0 Å². The number of rotatable bonds is 3. The van der Waals surface area contributed by atoms with Crippen molar-refractivity contribution in [2.24, 2.45) is 0 Å². The summed E-state index contributed by atoms with van der Waals surface area (Å²) in [5.41, 5.74) is 7.01. The fourth-order valence-electron chi connectivity index (χ4n) is 1.90. The molecule has 0 saturated heterocycles. The molecule has 6 nitrogen and oxygen atoms in total.